The standard InChI is InChI=1S/C26H34N6.2CHF3O3S.Mn/c1-4-31-23-14-8-6-12-21(23)27-25(31)18-29(3)17-20-11-10-16-30(20)19-26-28-22-13-7-9-15-24(22)32(26)5-2;2*2-1(3,4)8(5,6)7;/h6-9,12-15,20H,4-5,10-11,16-19H2,1-3H3;2*(H,5,6,7);/q;;;+2/p-2/t20-;;;/m0.../s1. The molecule has 0 aliphatic carbocycles. The molecule has 3 heterocycles. The van der Waals surface area contributed by atoms with Crippen LogP contribution in [0.5, 0.6) is 0 Å². The van der Waals surface area contributed by atoms with E-state index in [4.69, 9.17) is 35.9 Å². The van der Waals surface area contributed by atoms with Gasteiger partial charge in [-0.2, -0.15) is 26.3 Å². The van der Waals surface area contributed by atoms with Gasteiger partial charge < -0.3 is 18.2 Å². The van der Waals surface area contributed by atoms with E-state index in [9.17, 15) is 26.3 Å². The van der Waals surface area contributed by atoms with Crippen LogP contribution in [0.1, 0.15) is 38.3 Å². The summed E-state index contributed by atoms with van der Waals surface area (Å²) in [5.41, 5.74) is -6.61. The third-order valence-corrected chi connectivity index (χ3v) is 8.58. The number of para-hydroxylation sites is 4. The second-order valence-corrected chi connectivity index (χ2v) is 13.5. The summed E-state index contributed by atoms with van der Waals surface area (Å²) in [6, 6.07) is 17.5. The predicted octanol–water partition coefficient (Wildman–Crippen LogP) is 4.62. The number of imidazole rings is 2. The summed E-state index contributed by atoms with van der Waals surface area (Å²) < 4.78 is 123. The molecule has 0 N–H and O–H groups in total. The zero-order valence-electron chi connectivity index (χ0n) is 26.4. The Labute approximate surface area is 290 Å². The quantitative estimate of drug-likeness (QED) is 0.107. The molecule has 273 valence electrons. The van der Waals surface area contributed by atoms with Gasteiger partial charge in [0, 0.05) is 25.7 Å². The van der Waals surface area contributed by atoms with Crippen LogP contribution < -0.4 is 0 Å². The van der Waals surface area contributed by atoms with Crippen molar-refractivity contribution < 1.29 is 69.4 Å². The van der Waals surface area contributed by atoms with Crippen molar-refractivity contribution in [2.24, 2.45) is 0 Å². The topological polar surface area (TPSA) is 157 Å². The van der Waals surface area contributed by atoms with Crippen LogP contribution >= 0.6 is 0 Å². The summed E-state index contributed by atoms with van der Waals surface area (Å²) in [7, 11) is -9.95. The maximum atomic E-state index is 10.7. The summed E-state index contributed by atoms with van der Waals surface area (Å²) in [5.74, 6) is 2.35. The summed E-state index contributed by atoms with van der Waals surface area (Å²) in [4.78, 5) is 15.0. The number of nitrogens with zero attached hydrogens (tertiary/aromatic N) is 6. The van der Waals surface area contributed by atoms with Gasteiger partial charge in [0.05, 0.1) is 35.2 Å². The SMILES string of the molecule is CCn1c(CN(C)C[C@@H]2CCCN2Cc2nc3ccccc3n2CC)nc2ccccc21.O=S(=O)([O-])C(F)(F)F.O=S(=O)([O-])C(F)(F)F.[Mn+2]. The molecular formula is C28H34F6MnN6O6S2. The van der Waals surface area contributed by atoms with E-state index in [1.54, 1.807) is 0 Å². The zero-order valence-corrected chi connectivity index (χ0v) is 29.3. The summed E-state index contributed by atoms with van der Waals surface area (Å²) >= 11 is 0. The Kier molecular flexibility index (Phi) is 14.7. The fourth-order valence-electron chi connectivity index (χ4n) is 5.36. The first-order valence-electron chi connectivity index (χ1n) is 14.5. The second-order valence-electron chi connectivity index (χ2n) is 10.8. The molecule has 1 saturated heterocycles. The summed E-state index contributed by atoms with van der Waals surface area (Å²) in [5, 5.41) is 0. The fraction of sp³-hybridized carbons (Fsp3) is 0.500. The molecule has 2 aromatic carbocycles. The molecule has 0 saturated carbocycles. The Balaban J connectivity index is 0.000000410. The first kappa shape index (κ1) is 42.4. The smallest absolute Gasteiger partial charge is 0.741 e. The average molecular weight is 784 g/mol. The molecule has 1 aliphatic heterocycles. The van der Waals surface area contributed by atoms with E-state index in [0.29, 0.717) is 6.04 Å². The van der Waals surface area contributed by atoms with Gasteiger partial charge in [0.1, 0.15) is 11.6 Å². The van der Waals surface area contributed by atoms with Crippen LogP contribution in [0.2, 0.25) is 0 Å². The maximum Gasteiger partial charge on any atom is 2.00 e. The molecule has 0 unspecified atom stereocenters. The average Bonchev–Trinajstić information content (AvgIpc) is 3.66. The molecule has 49 heavy (non-hydrogen) atoms. The number of benzene rings is 2. The molecule has 1 aliphatic rings. The van der Waals surface area contributed by atoms with Gasteiger partial charge in [-0.25, -0.2) is 26.8 Å². The van der Waals surface area contributed by atoms with Crippen molar-refractivity contribution >= 4 is 42.3 Å². The molecule has 12 nitrogen and oxygen atoms in total. The van der Waals surface area contributed by atoms with Crippen molar-refractivity contribution in [2.45, 2.75) is 69.9 Å². The monoisotopic (exact) mass is 783 g/mol. The number of aromatic nitrogens is 4. The van der Waals surface area contributed by atoms with Gasteiger partial charge in [0.2, 0.25) is 0 Å². The molecule has 5 rings (SSSR count). The van der Waals surface area contributed by atoms with E-state index in [2.05, 4.69) is 88.4 Å². The molecule has 2 aromatic heterocycles. The number of aryl methyl sites for hydroxylation is 2. The first-order valence-corrected chi connectivity index (χ1v) is 17.3. The molecule has 21 heteroatoms. The molecule has 1 radical (unpaired) electrons. The minimum Gasteiger partial charge on any atom is -0.741 e. The fourth-order valence-corrected chi connectivity index (χ4v) is 5.36. The van der Waals surface area contributed by atoms with Crippen molar-refractivity contribution in [3.05, 3.63) is 60.2 Å². The molecular weight excluding hydrogens is 749 g/mol. The van der Waals surface area contributed by atoms with E-state index >= 15 is 0 Å². The minimum atomic E-state index is -6.09. The third-order valence-electron chi connectivity index (χ3n) is 7.44. The van der Waals surface area contributed by atoms with Crippen molar-refractivity contribution in [1.29, 1.82) is 0 Å². The van der Waals surface area contributed by atoms with Gasteiger partial charge in [0.15, 0.2) is 20.2 Å². The number of rotatable bonds is 8. The largest absolute Gasteiger partial charge is 2.00 e. The van der Waals surface area contributed by atoms with Gasteiger partial charge >= 0.3 is 28.1 Å². The molecule has 4 aromatic rings. The maximum absolute atomic E-state index is 10.7. The number of likely N-dealkylation sites (N-methyl/N-ethyl adjacent to an activating group) is 1. The number of hydrogen-bond acceptors (Lipinski definition) is 10. The Morgan fingerprint density at radius 2 is 1.20 bits per heavy atom. The van der Waals surface area contributed by atoms with E-state index < -0.39 is 31.3 Å². The van der Waals surface area contributed by atoms with E-state index in [1.807, 2.05) is 0 Å². The van der Waals surface area contributed by atoms with E-state index in [1.165, 1.54) is 29.7 Å². The zero-order chi connectivity index (χ0) is 36.1. The van der Waals surface area contributed by atoms with Crippen LogP contribution in [0.3, 0.4) is 0 Å². The van der Waals surface area contributed by atoms with Crippen molar-refractivity contribution in [2.75, 3.05) is 20.1 Å². The Hall–Kier alpha value is -2.78. The van der Waals surface area contributed by atoms with E-state index in [-0.39, 0.29) is 17.1 Å². The normalized spacial score (nSPS) is 15.9. The Morgan fingerprint density at radius 1 is 0.796 bits per heavy atom. The van der Waals surface area contributed by atoms with Crippen LogP contribution in [0, 0.1) is 0 Å². The number of hydrogen-bond donors (Lipinski definition) is 0. The van der Waals surface area contributed by atoms with Crippen LogP contribution in [0.4, 0.5) is 26.3 Å². The van der Waals surface area contributed by atoms with Crippen LogP contribution in [-0.2, 0) is 63.5 Å². The second kappa shape index (κ2) is 17.0. The molecule has 0 bridgehead atoms. The number of likely N-dealkylation sites (tertiary alicyclic amines) is 1. The van der Waals surface area contributed by atoms with E-state index in [0.717, 1.165) is 56.1 Å². The van der Waals surface area contributed by atoms with Gasteiger partial charge in [-0.3, -0.25) is 9.80 Å². The number of halogens is 6. The van der Waals surface area contributed by atoms with Crippen molar-refractivity contribution in [1.82, 2.24) is 28.9 Å². The summed E-state index contributed by atoms with van der Waals surface area (Å²) in [6.07, 6.45) is 2.51. The minimum absolute atomic E-state index is 0. The van der Waals surface area contributed by atoms with Crippen LogP contribution in [0.25, 0.3) is 22.1 Å². The van der Waals surface area contributed by atoms with Gasteiger partial charge in [-0.1, -0.05) is 24.3 Å². The molecule has 0 amide bonds. The number of alkyl halides is 6. The summed E-state index contributed by atoms with van der Waals surface area (Å²) in [6.45, 7) is 10.3. The Bertz CT molecular complexity index is 1860. The predicted molar refractivity (Wildman–Crippen MR) is 162 cm³/mol. The van der Waals surface area contributed by atoms with Crippen molar-refractivity contribution in [3.63, 3.8) is 0 Å². The van der Waals surface area contributed by atoms with Crippen LogP contribution in [0.15, 0.2) is 48.5 Å². The Morgan fingerprint density at radius 3 is 1.63 bits per heavy atom. The van der Waals surface area contributed by atoms with Crippen LogP contribution in [-0.4, -0.2) is 92.0 Å². The third kappa shape index (κ3) is 11.1. The number of fused-ring (bicyclic) bond motifs is 2. The van der Waals surface area contributed by atoms with Gasteiger partial charge in [-0.05, 0) is 64.5 Å². The first-order chi connectivity index (χ1) is 22.2. The van der Waals surface area contributed by atoms with Gasteiger partial charge in [0.25, 0.3) is 0 Å². The molecule has 1 fully saturated rings. The molecule has 1 atom stereocenters. The van der Waals surface area contributed by atoms with Crippen molar-refractivity contribution in [3.8, 4) is 0 Å². The molecule has 0 spiro atoms. The van der Waals surface area contributed by atoms with Gasteiger partial charge in [-0.15, -0.1) is 0 Å².